The van der Waals surface area contributed by atoms with Crippen molar-refractivity contribution in [2.24, 2.45) is 0 Å². The highest BCUT2D eigenvalue weighted by Crippen LogP contribution is 2.33. The molecule has 6 heteroatoms. The van der Waals surface area contributed by atoms with Gasteiger partial charge in [0, 0.05) is 24.8 Å². The fourth-order valence-electron chi connectivity index (χ4n) is 3.69. The first-order chi connectivity index (χ1) is 13.3. The summed E-state index contributed by atoms with van der Waals surface area (Å²) in [6.45, 7) is 8.28. The predicted octanol–water partition coefficient (Wildman–Crippen LogP) is 4.41. The minimum atomic E-state index is -0.484. The normalized spacial score (nSPS) is 15.2. The number of H-pyrrole nitrogens is 1. The van der Waals surface area contributed by atoms with E-state index >= 15 is 0 Å². The summed E-state index contributed by atoms with van der Waals surface area (Å²) >= 11 is 0. The molecule has 0 spiro atoms. The Balaban J connectivity index is 1.95. The van der Waals surface area contributed by atoms with Crippen LogP contribution in [-0.2, 0) is 5.41 Å². The van der Waals surface area contributed by atoms with Gasteiger partial charge in [-0.15, -0.1) is 0 Å². The number of aromatic amines is 1. The number of anilines is 1. The molecule has 1 saturated heterocycles. The largest absolute Gasteiger partial charge is 0.355 e. The van der Waals surface area contributed by atoms with E-state index in [-0.39, 0.29) is 16.5 Å². The summed E-state index contributed by atoms with van der Waals surface area (Å²) in [5.74, 6) is 0.374. The summed E-state index contributed by atoms with van der Waals surface area (Å²) in [4.78, 5) is 26.7. The van der Waals surface area contributed by atoms with Crippen molar-refractivity contribution in [3.8, 4) is 11.1 Å². The first kappa shape index (κ1) is 18.6. The maximum absolute atomic E-state index is 13.9. The molecule has 1 N–H and O–H groups in total. The van der Waals surface area contributed by atoms with Crippen molar-refractivity contribution in [3.63, 3.8) is 0 Å². The van der Waals surface area contributed by atoms with Crippen molar-refractivity contribution in [2.45, 2.75) is 45.4 Å². The van der Waals surface area contributed by atoms with Gasteiger partial charge in [0.2, 0.25) is 0 Å². The molecule has 0 saturated carbocycles. The molecule has 3 heterocycles. The fraction of sp³-hybridized carbons (Fsp3) is 0.409. The third-order valence-corrected chi connectivity index (χ3v) is 5.34. The SMILES string of the molecule is CC(C)(C)c1cc(-c2cc(F)c[nH]c2=O)c2ncc(N3CCCCC3)nc2c1. The quantitative estimate of drug-likeness (QED) is 0.715. The van der Waals surface area contributed by atoms with Crippen LogP contribution in [0.1, 0.15) is 45.6 Å². The lowest BCUT2D eigenvalue weighted by atomic mass is 9.85. The van der Waals surface area contributed by atoms with Crippen molar-refractivity contribution in [1.82, 2.24) is 15.0 Å². The molecule has 1 aromatic carbocycles. The number of halogens is 1. The number of aromatic nitrogens is 3. The zero-order valence-electron chi connectivity index (χ0n) is 16.6. The first-order valence-corrected chi connectivity index (χ1v) is 9.78. The highest BCUT2D eigenvalue weighted by molar-refractivity contribution is 5.92. The summed E-state index contributed by atoms with van der Waals surface area (Å²) in [6, 6.07) is 5.23. The van der Waals surface area contributed by atoms with Gasteiger partial charge in [-0.2, -0.15) is 0 Å². The van der Waals surface area contributed by atoms with Gasteiger partial charge in [0.1, 0.15) is 11.6 Å². The van der Waals surface area contributed by atoms with Crippen LogP contribution >= 0.6 is 0 Å². The van der Waals surface area contributed by atoms with Gasteiger partial charge in [-0.1, -0.05) is 20.8 Å². The number of fused-ring (bicyclic) bond motifs is 1. The minimum Gasteiger partial charge on any atom is -0.355 e. The number of benzene rings is 1. The van der Waals surface area contributed by atoms with Crippen LogP contribution in [0.15, 0.2) is 35.4 Å². The Morgan fingerprint density at radius 1 is 1.07 bits per heavy atom. The highest BCUT2D eigenvalue weighted by atomic mass is 19.1. The molecule has 3 aromatic rings. The maximum atomic E-state index is 13.9. The van der Waals surface area contributed by atoms with E-state index in [1.807, 2.05) is 12.1 Å². The summed E-state index contributed by atoms with van der Waals surface area (Å²) in [6.07, 6.45) is 6.40. The van der Waals surface area contributed by atoms with Crippen molar-refractivity contribution in [1.29, 1.82) is 0 Å². The van der Waals surface area contributed by atoms with Crippen molar-refractivity contribution in [3.05, 3.63) is 52.3 Å². The Morgan fingerprint density at radius 2 is 1.82 bits per heavy atom. The standard InChI is InChI=1S/C22H25FN4O/c1-22(2,3)14-9-16(17-11-15(23)12-25-21(17)28)20-18(10-14)26-19(13-24-20)27-7-5-4-6-8-27/h9-13H,4-8H2,1-3H3,(H,25,28). The molecule has 0 bridgehead atoms. The molecule has 0 unspecified atom stereocenters. The fourth-order valence-corrected chi connectivity index (χ4v) is 3.69. The zero-order chi connectivity index (χ0) is 19.9. The van der Waals surface area contributed by atoms with E-state index in [0.717, 1.165) is 49.0 Å². The van der Waals surface area contributed by atoms with Crippen LogP contribution in [0, 0.1) is 5.82 Å². The van der Waals surface area contributed by atoms with Crippen molar-refractivity contribution < 1.29 is 4.39 Å². The molecule has 5 nitrogen and oxygen atoms in total. The smallest absolute Gasteiger partial charge is 0.256 e. The van der Waals surface area contributed by atoms with Crippen molar-refractivity contribution >= 4 is 16.9 Å². The molecule has 146 valence electrons. The van der Waals surface area contributed by atoms with Crippen LogP contribution in [0.3, 0.4) is 0 Å². The minimum absolute atomic E-state index is 0.147. The monoisotopic (exact) mass is 380 g/mol. The lowest BCUT2D eigenvalue weighted by Crippen LogP contribution is -2.30. The van der Waals surface area contributed by atoms with Gasteiger partial charge in [0.05, 0.1) is 22.8 Å². The van der Waals surface area contributed by atoms with Gasteiger partial charge in [0.25, 0.3) is 5.56 Å². The first-order valence-electron chi connectivity index (χ1n) is 9.78. The Kier molecular flexibility index (Phi) is 4.65. The van der Waals surface area contributed by atoms with Gasteiger partial charge in [-0.25, -0.2) is 9.37 Å². The molecule has 4 rings (SSSR count). The number of hydrogen-bond acceptors (Lipinski definition) is 4. The van der Waals surface area contributed by atoms with Crippen LogP contribution in [0.2, 0.25) is 0 Å². The molecule has 0 amide bonds. The van der Waals surface area contributed by atoms with E-state index in [1.165, 1.54) is 12.5 Å². The topological polar surface area (TPSA) is 61.9 Å². The number of nitrogens with zero attached hydrogens (tertiary/aromatic N) is 3. The molecule has 2 aromatic heterocycles. The van der Waals surface area contributed by atoms with Gasteiger partial charge < -0.3 is 9.88 Å². The van der Waals surface area contributed by atoms with E-state index in [1.54, 1.807) is 6.20 Å². The van der Waals surface area contributed by atoms with Crippen LogP contribution in [-0.4, -0.2) is 28.0 Å². The van der Waals surface area contributed by atoms with E-state index in [2.05, 4.69) is 35.6 Å². The third kappa shape index (κ3) is 3.51. The van der Waals surface area contributed by atoms with Gasteiger partial charge in [-0.3, -0.25) is 9.78 Å². The molecule has 1 fully saturated rings. The summed E-state index contributed by atoms with van der Waals surface area (Å²) in [5.41, 5.74) is 2.78. The van der Waals surface area contributed by atoms with E-state index < -0.39 is 5.82 Å². The molecule has 0 aliphatic carbocycles. The molecule has 28 heavy (non-hydrogen) atoms. The van der Waals surface area contributed by atoms with Gasteiger partial charge in [-0.05, 0) is 48.4 Å². The highest BCUT2D eigenvalue weighted by Gasteiger charge is 2.21. The zero-order valence-corrected chi connectivity index (χ0v) is 16.6. The molecule has 1 aliphatic heterocycles. The second kappa shape index (κ2) is 7.00. The Hall–Kier alpha value is -2.76. The molecule has 0 atom stereocenters. The predicted molar refractivity (Wildman–Crippen MR) is 110 cm³/mol. The summed E-state index contributed by atoms with van der Waals surface area (Å²) < 4.78 is 13.9. The molecule has 0 radical (unpaired) electrons. The van der Waals surface area contributed by atoms with Crippen LogP contribution in [0.5, 0.6) is 0 Å². The Bertz CT molecular complexity index is 1080. The number of nitrogens with one attached hydrogen (secondary N) is 1. The second-order valence-corrected chi connectivity index (χ2v) is 8.48. The molecular weight excluding hydrogens is 355 g/mol. The van der Waals surface area contributed by atoms with Gasteiger partial charge >= 0.3 is 0 Å². The molecular formula is C22H25FN4O. The van der Waals surface area contributed by atoms with E-state index in [4.69, 9.17) is 4.98 Å². The third-order valence-electron chi connectivity index (χ3n) is 5.34. The Labute approximate surface area is 163 Å². The number of piperidine rings is 1. The average molecular weight is 380 g/mol. The lowest BCUT2D eigenvalue weighted by Gasteiger charge is -2.28. The van der Waals surface area contributed by atoms with Crippen LogP contribution in [0.25, 0.3) is 22.2 Å². The molecule has 1 aliphatic rings. The average Bonchev–Trinajstić information content (AvgIpc) is 2.68. The van der Waals surface area contributed by atoms with Gasteiger partial charge in [0.15, 0.2) is 0 Å². The van der Waals surface area contributed by atoms with Crippen LogP contribution < -0.4 is 10.5 Å². The maximum Gasteiger partial charge on any atom is 0.256 e. The summed E-state index contributed by atoms with van der Waals surface area (Å²) in [5, 5.41) is 0. The van der Waals surface area contributed by atoms with Crippen LogP contribution in [0.4, 0.5) is 10.2 Å². The second-order valence-electron chi connectivity index (χ2n) is 8.48. The van der Waals surface area contributed by atoms with E-state index in [9.17, 15) is 9.18 Å². The summed E-state index contributed by atoms with van der Waals surface area (Å²) in [7, 11) is 0. The van der Waals surface area contributed by atoms with E-state index in [0.29, 0.717) is 11.1 Å². The Morgan fingerprint density at radius 3 is 2.54 bits per heavy atom. The number of hydrogen-bond donors (Lipinski definition) is 1. The number of rotatable bonds is 2. The number of pyridine rings is 1. The lowest BCUT2D eigenvalue weighted by molar-refractivity contribution is 0.573. The van der Waals surface area contributed by atoms with Crippen molar-refractivity contribution in [2.75, 3.05) is 18.0 Å².